The fourth-order valence-corrected chi connectivity index (χ4v) is 4.59. The summed E-state index contributed by atoms with van der Waals surface area (Å²) in [7, 11) is 0. The third-order valence-electron chi connectivity index (χ3n) is 6.50. The summed E-state index contributed by atoms with van der Waals surface area (Å²) < 4.78 is 7.42. The number of aromatic amines is 1. The van der Waals surface area contributed by atoms with Crippen molar-refractivity contribution in [3.63, 3.8) is 0 Å². The molecule has 3 N–H and O–H groups in total. The van der Waals surface area contributed by atoms with Gasteiger partial charge in [-0.1, -0.05) is 67.4 Å². The van der Waals surface area contributed by atoms with E-state index >= 15 is 0 Å². The molecular formula is C30H33ClN4O4. The number of carbonyl (C=O) groups is 2. The smallest absolute Gasteiger partial charge is 0.354 e. The number of aryl methyl sites for hydroxylation is 1. The number of rotatable bonds is 13. The van der Waals surface area contributed by atoms with E-state index < -0.39 is 11.9 Å². The Kier molecular flexibility index (Phi) is 9.94. The van der Waals surface area contributed by atoms with E-state index in [2.05, 4.69) is 22.2 Å². The second-order valence-electron chi connectivity index (χ2n) is 9.37. The number of esters is 1. The monoisotopic (exact) mass is 548 g/mol. The van der Waals surface area contributed by atoms with Gasteiger partial charge in [-0.25, -0.2) is 9.78 Å². The highest BCUT2D eigenvalue weighted by atomic mass is 35.5. The minimum atomic E-state index is -0.577. The van der Waals surface area contributed by atoms with Crippen LogP contribution in [0, 0.1) is 5.92 Å². The largest absolute Gasteiger partial charge is 0.460 e. The van der Waals surface area contributed by atoms with E-state index in [0.717, 1.165) is 36.2 Å². The third kappa shape index (κ3) is 7.59. The zero-order valence-electron chi connectivity index (χ0n) is 21.9. The van der Waals surface area contributed by atoms with Gasteiger partial charge < -0.3 is 24.7 Å². The number of aliphatic hydroxyl groups is 1. The molecule has 1 atom stereocenters. The molecule has 4 aromatic rings. The van der Waals surface area contributed by atoms with Gasteiger partial charge in [0.15, 0.2) is 5.15 Å². The summed E-state index contributed by atoms with van der Waals surface area (Å²) in [6.07, 6.45) is 4.86. The van der Waals surface area contributed by atoms with Crippen LogP contribution in [0.1, 0.15) is 52.9 Å². The quantitative estimate of drug-likeness (QED) is 0.194. The minimum absolute atomic E-state index is 0.0530. The number of hydrogen-bond donors (Lipinski definition) is 3. The number of amides is 1. The van der Waals surface area contributed by atoms with Crippen LogP contribution in [0.3, 0.4) is 0 Å². The number of nitrogens with one attached hydrogen (secondary N) is 2. The second-order valence-corrected chi connectivity index (χ2v) is 9.73. The first-order valence-corrected chi connectivity index (χ1v) is 13.4. The van der Waals surface area contributed by atoms with Crippen LogP contribution in [0.5, 0.6) is 0 Å². The fourth-order valence-electron chi connectivity index (χ4n) is 4.33. The summed E-state index contributed by atoms with van der Waals surface area (Å²) in [5.74, 6) is -0.472. The fraction of sp³-hybridized carbons (Fsp3) is 0.300. The third-order valence-corrected chi connectivity index (χ3v) is 6.80. The Morgan fingerprint density at radius 3 is 2.51 bits per heavy atom. The predicted octanol–water partition coefficient (Wildman–Crippen LogP) is 5.40. The van der Waals surface area contributed by atoms with Gasteiger partial charge in [0.25, 0.3) is 0 Å². The van der Waals surface area contributed by atoms with Crippen molar-refractivity contribution in [1.82, 2.24) is 14.5 Å². The normalized spacial score (nSPS) is 11.8. The van der Waals surface area contributed by atoms with Crippen LogP contribution in [-0.4, -0.2) is 38.1 Å². The Hall–Kier alpha value is -3.88. The minimum Gasteiger partial charge on any atom is -0.460 e. The van der Waals surface area contributed by atoms with E-state index in [0.29, 0.717) is 35.2 Å². The highest BCUT2D eigenvalue weighted by Crippen LogP contribution is 2.22. The molecule has 0 aliphatic carbocycles. The number of unbranched alkanes of at least 4 members (excludes halogenated alkanes) is 1. The highest BCUT2D eigenvalue weighted by molar-refractivity contribution is 6.30. The lowest BCUT2D eigenvalue weighted by atomic mass is 9.99. The van der Waals surface area contributed by atoms with E-state index in [1.165, 1.54) is 0 Å². The van der Waals surface area contributed by atoms with Crippen LogP contribution < -0.4 is 5.32 Å². The molecule has 0 aliphatic rings. The number of nitrogens with zero attached hydrogens (tertiary/aromatic N) is 2. The van der Waals surface area contributed by atoms with Gasteiger partial charge in [0.2, 0.25) is 5.91 Å². The lowest BCUT2D eigenvalue weighted by Crippen LogP contribution is -2.29. The SMILES string of the molecule is CCCCc1nc(Cl)c(CO)n1Cc1ccc(NC(=O)[C@H](COC(=O)c2ccc[nH]2)Cc2ccccc2)cc1. The van der Waals surface area contributed by atoms with Crippen molar-refractivity contribution in [2.75, 3.05) is 11.9 Å². The van der Waals surface area contributed by atoms with Gasteiger partial charge in [0.05, 0.1) is 18.2 Å². The topological polar surface area (TPSA) is 109 Å². The molecule has 0 spiro atoms. The van der Waals surface area contributed by atoms with Gasteiger partial charge in [-0.2, -0.15) is 0 Å². The van der Waals surface area contributed by atoms with Crippen molar-refractivity contribution >= 4 is 29.2 Å². The lowest BCUT2D eigenvalue weighted by molar-refractivity contribution is -0.121. The molecule has 2 heterocycles. The summed E-state index contributed by atoms with van der Waals surface area (Å²) in [5.41, 5.74) is 3.52. The van der Waals surface area contributed by atoms with Crippen molar-refractivity contribution in [2.45, 2.75) is 45.8 Å². The molecular weight excluding hydrogens is 516 g/mol. The summed E-state index contributed by atoms with van der Waals surface area (Å²) in [6, 6.07) is 20.5. The molecule has 8 nitrogen and oxygen atoms in total. The van der Waals surface area contributed by atoms with Gasteiger partial charge in [0.1, 0.15) is 18.1 Å². The van der Waals surface area contributed by atoms with E-state index in [1.54, 1.807) is 18.3 Å². The second kappa shape index (κ2) is 13.8. The first kappa shape index (κ1) is 28.1. The highest BCUT2D eigenvalue weighted by Gasteiger charge is 2.22. The van der Waals surface area contributed by atoms with Crippen LogP contribution >= 0.6 is 11.6 Å². The molecule has 4 rings (SSSR count). The van der Waals surface area contributed by atoms with Crippen molar-refractivity contribution in [2.24, 2.45) is 5.92 Å². The molecule has 0 fully saturated rings. The number of anilines is 1. The number of hydrogen-bond acceptors (Lipinski definition) is 5. The molecule has 0 unspecified atom stereocenters. The first-order chi connectivity index (χ1) is 19.0. The number of imidazole rings is 1. The van der Waals surface area contributed by atoms with Crippen LogP contribution in [0.25, 0.3) is 0 Å². The summed E-state index contributed by atoms with van der Waals surface area (Å²) in [6.45, 7) is 2.38. The lowest BCUT2D eigenvalue weighted by Gasteiger charge is -2.17. The van der Waals surface area contributed by atoms with Crippen molar-refractivity contribution in [3.8, 4) is 0 Å². The van der Waals surface area contributed by atoms with Gasteiger partial charge in [-0.15, -0.1) is 0 Å². The van der Waals surface area contributed by atoms with E-state index in [1.807, 2.05) is 59.2 Å². The standard InChI is InChI=1S/C30H33ClN4O4/c1-2-3-11-27-34-28(31)26(19-36)35(27)18-22-12-14-24(15-13-22)33-29(37)23(17-21-8-5-4-6-9-21)20-39-30(38)25-10-7-16-32-25/h4-10,12-16,23,32,36H,2-3,11,17-20H2,1H3,(H,33,37)/t23-/m0/s1. The molecule has 39 heavy (non-hydrogen) atoms. The van der Waals surface area contributed by atoms with Crippen LogP contribution in [0.15, 0.2) is 72.9 Å². The van der Waals surface area contributed by atoms with E-state index in [-0.39, 0.29) is 19.1 Å². The maximum atomic E-state index is 13.3. The molecule has 204 valence electrons. The van der Waals surface area contributed by atoms with Gasteiger partial charge >= 0.3 is 5.97 Å². The molecule has 2 aromatic heterocycles. The first-order valence-electron chi connectivity index (χ1n) is 13.1. The number of ether oxygens (including phenoxy) is 1. The zero-order valence-corrected chi connectivity index (χ0v) is 22.7. The van der Waals surface area contributed by atoms with Crippen LogP contribution in [0.2, 0.25) is 5.15 Å². The number of benzene rings is 2. The molecule has 0 aliphatic heterocycles. The number of aliphatic hydroxyl groups excluding tert-OH is 1. The van der Waals surface area contributed by atoms with Crippen LogP contribution in [0.4, 0.5) is 5.69 Å². The molecule has 2 aromatic carbocycles. The summed E-state index contributed by atoms with van der Waals surface area (Å²) in [4.78, 5) is 32.9. The number of carbonyl (C=O) groups excluding carboxylic acids is 2. The molecule has 9 heteroatoms. The predicted molar refractivity (Wildman–Crippen MR) is 151 cm³/mol. The average molecular weight is 549 g/mol. The number of halogens is 1. The molecule has 1 amide bonds. The van der Waals surface area contributed by atoms with E-state index in [4.69, 9.17) is 16.3 Å². The maximum Gasteiger partial charge on any atom is 0.354 e. The van der Waals surface area contributed by atoms with E-state index in [9.17, 15) is 14.7 Å². The number of aromatic nitrogens is 3. The molecule has 0 saturated carbocycles. The van der Waals surface area contributed by atoms with Crippen molar-refractivity contribution < 1.29 is 19.4 Å². The van der Waals surface area contributed by atoms with Crippen molar-refractivity contribution in [1.29, 1.82) is 0 Å². The van der Waals surface area contributed by atoms with Crippen molar-refractivity contribution in [3.05, 3.63) is 106 Å². The van der Waals surface area contributed by atoms with Crippen LogP contribution in [-0.2, 0) is 35.5 Å². The molecule has 0 saturated heterocycles. The maximum absolute atomic E-state index is 13.3. The van der Waals surface area contributed by atoms with Gasteiger partial charge in [-0.3, -0.25) is 4.79 Å². The Morgan fingerprint density at radius 2 is 1.85 bits per heavy atom. The molecule has 0 bridgehead atoms. The summed E-state index contributed by atoms with van der Waals surface area (Å²) >= 11 is 6.27. The Bertz CT molecular complexity index is 1350. The Labute approximate surface area is 233 Å². The Morgan fingerprint density at radius 1 is 1.08 bits per heavy atom. The summed E-state index contributed by atoms with van der Waals surface area (Å²) in [5, 5.41) is 13.1. The van der Waals surface area contributed by atoms with Gasteiger partial charge in [0, 0.05) is 24.8 Å². The zero-order chi connectivity index (χ0) is 27.6. The number of H-pyrrole nitrogens is 1. The average Bonchev–Trinajstić information content (AvgIpc) is 3.59. The Balaban J connectivity index is 1.44. The van der Waals surface area contributed by atoms with Gasteiger partial charge in [-0.05, 0) is 48.2 Å². The molecule has 0 radical (unpaired) electrons.